The highest BCUT2D eigenvalue weighted by molar-refractivity contribution is 5.89. The van der Waals surface area contributed by atoms with Gasteiger partial charge >= 0.3 is 11.7 Å². The van der Waals surface area contributed by atoms with Gasteiger partial charge in [-0.1, -0.05) is 54.6 Å². The van der Waals surface area contributed by atoms with Crippen LogP contribution in [-0.4, -0.2) is 24.6 Å². The van der Waals surface area contributed by atoms with E-state index in [-0.39, 0.29) is 43.1 Å². The SMILES string of the molecule is COC(=O)CCc1cc(-c2ccc3ccccc3c2)c(OCCc2ccccc2F)c([N+](=O)[O-])c1. The minimum Gasteiger partial charge on any atom is -0.486 e. The summed E-state index contributed by atoms with van der Waals surface area (Å²) in [6.45, 7) is 0.0594. The van der Waals surface area contributed by atoms with Crippen LogP contribution in [0.3, 0.4) is 0 Å². The van der Waals surface area contributed by atoms with E-state index in [0.29, 0.717) is 16.7 Å². The molecule has 6 nitrogen and oxygen atoms in total. The molecule has 0 radical (unpaired) electrons. The topological polar surface area (TPSA) is 78.7 Å². The number of hydrogen-bond donors (Lipinski definition) is 0. The minimum atomic E-state index is -0.495. The number of methoxy groups -OCH3 is 1. The summed E-state index contributed by atoms with van der Waals surface area (Å²) < 4.78 is 24.7. The van der Waals surface area contributed by atoms with Crippen LogP contribution in [0, 0.1) is 15.9 Å². The molecule has 0 aliphatic heterocycles. The van der Waals surface area contributed by atoms with Gasteiger partial charge in [0.25, 0.3) is 0 Å². The van der Waals surface area contributed by atoms with Crippen molar-refractivity contribution in [2.45, 2.75) is 19.3 Å². The molecule has 0 amide bonds. The van der Waals surface area contributed by atoms with Crippen LogP contribution in [0.15, 0.2) is 78.9 Å². The quantitative estimate of drug-likeness (QED) is 0.162. The van der Waals surface area contributed by atoms with Crippen molar-refractivity contribution in [3.05, 3.63) is 106 Å². The first-order valence-electron chi connectivity index (χ1n) is 11.2. The third-order valence-corrected chi connectivity index (χ3v) is 5.81. The summed E-state index contributed by atoms with van der Waals surface area (Å²) in [7, 11) is 1.30. The number of benzene rings is 4. The molecular weight excluding hydrogens is 449 g/mol. The Hall–Kier alpha value is -4.26. The number of fused-ring (bicyclic) bond motifs is 1. The first-order chi connectivity index (χ1) is 17.0. The monoisotopic (exact) mass is 473 g/mol. The summed E-state index contributed by atoms with van der Waals surface area (Å²) in [6, 6.07) is 23.2. The number of nitro groups is 1. The zero-order valence-electron chi connectivity index (χ0n) is 19.2. The van der Waals surface area contributed by atoms with Crippen LogP contribution in [0.25, 0.3) is 21.9 Å². The van der Waals surface area contributed by atoms with Crippen molar-refractivity contribution < 1.29 is 23.6 Å². The second kappa shape index (κ2) is 10.8. The van der Waals surface area contributed by atoms with Crippen LogP contribution >= 0.6 is 0 Å². The molecule has 7 heteroatoms. The molecule has 0 aliphatic carbocycles. The smallest absolute Gasteiger partial charge is 0.311 e. The number of hydrogen-bond acceptors (Lipinski definition) is 5. The van der Waals surface area contributed by atoms with E-state index in [1.165, 1.54) is 19.2 Å². The van der Waals surface area contributed by atoms with Crippen molar-refractivity contribution in [3.8, 4) is 16.9 Å². The molecule has 0 unspecified atom stereocenters. The molecule has 4 aromatic rings. The van der Waals surface area contributed by atoms with Gasteiger partial charge in [0.15, 0.2) is 0 Å². The van der Waals surface area contributed by atoms with Gasteiger partial charge in [-0.15, -0.1) is 0 Å². The summed E-state index contributed by atoms with van der Waals surface area (Å²) in [6.07, 6.45) is 0.632. The Morgan fingerprint density at radius 3 is 2.43 bits per heavy atom. The summed E-state index contributed by atoms with van der Waals surface area (Å²) >= 11 is 0. The Balaban J connectivity index is 1.75. The van der Waals surface area contributed by atoms with E-state index in [4.69, 9.17) is 9.47 Å². The van der Waals surface area contributed by atoms with Gasteiger partial charge in [-0.3, -0.25) is 14.9 Å². The highest BCUT2D eigenvalue weighted by Crippen LogP contribution is 2.40. The number of nitro benzene ring substituents is 1. The van der Waals surface area contributed by atoms with Crippen LogP contribution in [0.1, 0.15) is 17.5 Å². The highest BCUT2D eigenvalue weighted by Gasteiger charge is 2.23. The molecule has 0 saturated carbocycles. The predicted molar refractivity (Wildman–Crippen MR) is 132 cm³/mol. The number of carbonyl (C=O) groups excluding carboxylic acids is 1. The molecule has 0 atom stereocenters. The standard InChI is InChI=1S/C28H24FNO5/c1-34-27(31)13-10-19-16-24(23-12-11-20-6-2-3-8-22(20)18-23)28(26(17-19)30(32)33)35-15-14-21-7-4-5-9-25(21)29/h2-9,11-12,16-18H,10,13-15H2,1H3. The van der Waals surface area contributed by atoms with Crippen LogP contribution in [0.5, 0.6) is 5.75 Å². The van der Waals surface area contributed by atoms with Gasteiger partial charge in [0, 0.05) is 24.5 Å². The Morgan fingerprint density at radius 2 is 1.69 bits per heavy atom. The number of rotatable bonds is 9. The fourth-order valence-corrected chi connectivity index (χ4v) is 3.99. The lowest BCUT2D eigenvalue weighted by atomic mass is 9.96. The molecule has 0 heterocycles. The lowest BCUT2D eigenvalue weighted by Crippen LogP contribution is -2.07. The molecule has 0 saturated heterocycles. The van der Waals surface area contributed by atoms with Crippen molar-refractivity contribution >= 4 is 22.4 Å². The first-order valence-corrected chi connectivity index (χ1v) is 11.2. The normalized spacial score (nSPS) is 10.8. The zero-order valence-corrected chi connectivity index (χ0v) is 19.2. The van der Waals surface area contributed by atoms with E-state index in [9.17, 15) is 19.3 Å². The number of aryl methyl sites for hydroxylation is 1. The van der Waals surface area contributed by atoms with E-state index in [1.807, 2.05) is 42.5 Å². The van der Waals surface area contributed by atoms with Crippen LogP contribution in [-0.2, 0) is 22.4 Å². The second-order valence-electron chi connectivity index (χ2n) is 8.08. The van der Waals surface area contributed by atoms with Crippen molar-refractivity contribution in [3.63, 3.8) is 0 Å². The van der Waals surface area contributed by atoms with E-state index >= 15 is 0 Å². The molecule has 0 bridgehead atoms. The van der Waals surface area contributed by atoms with Crippen molar-refractivity contribution in [2.24, 2.45) is 0 Å². The van der Waals surface area contributed by atoms with E-state index in [0.717, 1.165) is 16.3 Å². The molecule has 0 fully saturated rings. The summed E-state index contributed by atoms with van der Waals surface area (Å²) in [5.74, 6) is -0.632. The fraction of sp³-hybridized carbons (Fsp3) is 0.179. The van der Waals surface area contributed by atoms with Crippen LogP contribution < -0.4 is 4.74 Å². The van der Waals surface area contributed by atoms with Gasteiger partial charge in [0.2, 0.25) is 5.75 Å². The Bertz CT molecular complexity index is 1390. The maximum atomic E-state index is 14.0. The molecule has 0 aliphatic rings. The zero-order chi connectivity index (χ0) is 24.8. The average Bonchev–Trinajstić information content (AvgIpc) is 2.88. The molecule has 0 N–H and O–H groups in total. The van der Waals surface area contributed by atoms with E-state index in [2.05, 4.69) is 0 Å². The average molecular weight is 474 g/mol. The molecule has 0 spiro atoms. The van der Waals surface area contributed by atoms with Gasteiger partial charge in [-0.25, -0.2) is 4.39 Å². The Kier molecular flexibility index (Phi) is 7.35. The number of halogens is 1. The van der Waals surface area contributed by atoms with E-state index in [1.54, 1.807) is 24.3 Å². The van der Waals surface area contributed by atoms with Crippen molar-refractivity contribution in [2.75, 3.05) is 13.7 Å². The van der Waals surface area contributed by atoms with Crippen molar-refractivity contribution in [1.82, 2.24) is 0 Å². The first kappa shape index (κ1) is 23.9. The maximum Gasteiger partial charge on any atom is 0.311 e. The van der Waals surface area contributed by atoms with Gasteiger partial charge in [-0.2, -0.15) is 0 Å². The van der Waals surface area contributed by atoms with Gasteiger partial charge in [-0.05, 0) is 52.1 Å². The molecule has 178 valence electrons. The molecule has 4 aromatic carbocycles. The third-order valence-electron chi connectivity index (χ3n) is 5.81. The molecule has 4 rings (SSSR count). The number of carbonyl (C=O) groups is 1. The summed E-state index contributed by atoms with van der Waals surface area (Å²) in [4.78, 5) is 23.2. The highest BCUT2D eigenvalue weighted by atomic mass is 19.1. The Morgan fingerprint density at radius 1 is 0.943 bits per heavy atom. The Labute approximate surface area is 202 Å². The largest absolute Gasteiger partial charge is 0.486 e. The molecule has 0 aromatic heterocycles. The third kappa shape index (κ3) is 5.63. The lowest BCUT2D eigenvalue weighted by Gasteiger charge is -2.15. The lowest BCUT2D eigenvalue weighted by molar-refractivity contribution is -0.385. The van der Waals surface area contributed by atoms with Gasteiger partial charge < -0.3 is 9.47 Å². The summed E-state index contributed by atoms with van der Waals surface area (Å²) in [5, 5.41) is 14.0. The van der Waals surface area contributed by atoms with Gasteiger partial charge in [0.05, 0.1) is 18.6 Å². The number of nitrogens with zero attached hydrogens (tertiary/aromatic N) is 1. The van der Waals surface area contributed by atoms with Crippen molar-refractivity contribution in [1.29, 1.82) is 0 Å². The van der Waals surface area contributed by atoms with Crippen LogP contribution in [0.4, 0.5) is 10.1 Å². The maximum absolute atomic E-state index is 14.0. The fourth-order valence-electron chi connectivity index (χ4n) is 3.99. The van der Waals surface area contributed by atoms with Crippen LogP contribution in [0.2, 0.25) is 0 Å². The van der Waals surface area contributed by atoms with E-state index < -0.39 is 10.9 Å². The molecule has 35 heavy (non-hydrogen) atoms. The molecular formula is C28H24FNO5. The number of ether oxygens (including phenoxy) is 2. The second-order valence-corrected chi connectivity index (χ2v) is 8.08. The number of esters is 1. The predicted octanol–water partition coefficient (Wildman–Crippen LogP) is 6.28. The summed E-state index contributed by atoms with van der Waals surface area (Å²) in [5.41, 5.74) is 2.17. The van der Waals surface area contributed by atoms with Gasteiger partial charge in [0.1, 0.15) is 5.82 Å². The minimum absolute atomic E-state index is 0.0594.